The van der Waals surface area contributed by atoms with E-state index in [1.54, 1.807) is 30.3 Å². The third kappa shape index (κ3) is 5.73. The lowest BCUT2D eigenvalue weighted by Crippen LogP contribution is -2.23. The molecule has 6 nitrogen and oxygen atoms in total. The summed E-state index contributed by atoms with van der Waals surface area (Å²) in [6, 6.07) is 9.89. The Morgan fingerprint density at radius 2 is 1.64 bits per heavy atom. The van der Waals surface area contributed by atoms with E-state index in [-0.39, 0.29) is 24.6 Å². The van der Waals surface area contributed by atoms with Gasteiger partial charge in [-0.05, 0) is 30.2 Å². The molecular weight excluding hydrogens is 372 g/mol. The Balaban J connectivity index is 1.96. The number of hydrogen-bond acceptors (Lipinski definition) is 5. The van der Waals surface area contributed by atoms with Crippen LogP contribution in [0.5, 0.6) is 23.0 Å². The summed E-state index contributed by atoms with van der Waals surface area (Å²) in [5.74, 6) is 1.32. The van der Waals surface area contributed by atoms with Crippen molar-refractivity contribution in [1.29, 1.82) is 0 Å². The molecule has 0 bridgehead atoms. The highest BCUT2D eigenvalue weighted by molar-refractivity contribution is 5.76. The van der Waals surface area contributed by atoms with Gasteiger partial charge in [-0.1, -0.05) is 18.2 Å². The molecule has 0 radical (unpaired) electrons. The van der Waals surface area contributed by atoms with Crippen molar-refractivity contribution in [2.45, 2.75) is 26.0 Å². The predicted molar refractivity (Wildman–Crippen MR) is 99.3 cm³/mol. The second kappa shape index (κ2) is 10.3. The summed E-state index contributed by atoms with van der Waals surface area (Å²) < 4.78 is 45.2. The summed E-state index contributed by atoms with van der Waals surface area (Å²) in [7, 11) is 4.56. The lowest BCUT2D eigenvalue weighted by Gasteiger charge is -2.14. The number of amides is 1. The fourth-order valence-electron chi connectivity index (χ4n) is 2.68. The van der Waals surface area contributed by atoms with E-state index in [4.69, 9.17) is 14.2 Å². The fourth-order valence-corrected chi connectivity index (χ4v) is 2.68. The molecule has 0 saturated carbocycles. The average molecular weight is 395 g/mol. The molecule has 0 fully saturated rings. The first-order valence-electron chi connectivity index (χ1n) is 8.56. The standard InChI is InChI=1S/C20H23F2NO5/c1-25-16-10-13(11-17(26-2)19(16)27-3)8-9-18(24)23-12-14-6-4-5-7-15(14)28-20(21)22/h4-7,10-11,20H,8-9,12H2,1-3H3,(H,23,24). The van der Waals surface area contributed by atoms with E-state index in [2.05, 4.69) is 10.1 Å². The number of halogens is 2. The molecule has 152 valence electrons. The second-order valence-electron chi connectivity index (χ2n) is 5.80. The molecule has 0 heterocycles. The number of methoxy groups -OCH3 is 3. The first-order valence-corrected chi connectivity index (χ1v) is 8.56. The summed E-state index contributed by atoms with van der Waals surface area (Å²) in [5.41, 5.74) is 1.31. The first-order chi connectivity index (χ1) is 13.5. The van der Waals surface area contributed by atoms with Crippen LogP contribution in [0, 0.1) is 0 Å². The average Bonchev–Trinajstić information content (AvgIpc) is 2.70. The number of nitrogens with one attached hydrogen (secondary N) is 1. The molecular formula is C20H23F2NO5. The van der Waals surface area contributed by atoms with Gasteiger partial charge in [0.25, 0.3) is 0 Å². The van der Waals surface area contributed by atoms with Crippen LogP contribution in [-0.4, -0.2) is 33.8 Å². The zero-order chi connectivity index (χ0) is 20.5. The minimum absolute atomic E-state index is 0.0439. The highest BCUT2D eigenvalue weighted by atomic mass is 19.3. The Kier molecular flexibility index (Phi) is 7.86. The second-order valence-corrected chi connectivity index (χ2v) is 5.80. The maximum Gasteiger partial charge on any atom is 0.387 e. The number of rotatable bonds is 10. The van der Waals surface area contributed by atoms with Gasteiger partial charge in [-0.25, -0.2) is 0 Å². The molecule has 0 saturated heterocycles. The van der Waals surface area contributed by atoms with Crippen molar-refractivity contribution in [3.8, 4) is 23.0 Å². The lowest BCUT2D eigenvalue weighted by atomic mass is 10.1. The predicted octanol–water partition coefficient (Wildman–Crippen LogP) is 3.56. The van der Waals surface area contributed by atoms with Crippen molar-refractivity contribution in [2.75, 3.05) is 21.3 Å². The first kappa shape index (κ1) is 21.3. The number of carbonyl (C=O) groups excluding carboxylic acids is 1. The minimum atomic E-state index is -2.92. The molecule has 28 heavy (non-hydrogen) atoms. The van der Waals surface area contributed by atoms with Gasteiger partial charge < -0.3 is 24.3 Å². The monoisotopic (exact) mass is 395 g/mol. The number of hydrogen-bond donors (Lipinski definition) is 1. The van der Waals surface area contributed by atoms with E-state index in [1.165, 1.54) is 27.4 Å². The van der Waals surface area contributed by atoms with E-state index in [0.717, 1.165) is 5.56 Å². The molecule has 1 N–H and O–H groups in total. The van der Waals surface area contributed by atoms with Crippen LogP contribution in [0.3, 0.4) is 0 Å². The zero-order valence-electron chi connectivity index (χ0n) is 16.0. The van der Waals surface area contributed by atoms with Crippen LogP contribution in [0.15, 0.2) is 36.4 Å². The SMILES string of the molecule is COc1cc(CCC(=O)NCc2ccccc2OC(F)F)cc(OC)c1OC. The number of para-hydroxylation sites is 1. The van der Waals surface area contributed by atoms with Gasteiger partial charge in [0.05, 0.1) is 21.3 Å². The normalized spacial score (nSPS) is 10.5. The van der Waals surface area contributed by atoms with Crippen molar-refractivity contribution >= 4 is 5.91 Å². The molecule has 0 aromatic heterocycles. The number of alkyl halides is 2. The van der Waals surface area contributed by atoms with Crippen molar-refractivity contribution in [3.63, 3.8) is 0 Å². The summed E-state index contributed by atoms with van der Waals surface area (Å²) in [5, 5.41) is 2.71. The third-order valence-electron chi connectivity index (χ3n) is 4.03. The van der Waals surface area contributed by atoms with E-state index in [0.29, 0.717) is 29.2 Å². The number of ether oxygens (including phenoxy) is 4. The molecule has 0 aliphatic carbocycles. The van der Waals surface area contributed by atoms with Crippen LogP contribution in [0.4, 0.5) is 8.78 Å². The maximum absolute atomic E-state index is 12.4. The van der Waals surface area contributed by atoms with Crippen LogP contribution in [0.25, 0.3) is 0 Å². The van der Waals surface area contributed by atoms with E-state index < -0.39 is 6.61 Å². The molecule has 0 atom stereocenters. The van der Waals surface area contributed by atoms with Gasteiger partial charge in [-0.3, -0.25) is 4.79 Å². The van der Waals surface area contributed by atoms with Crippen molar-refractivity contribution in [2.24, 2.45) is 0 Å². The topological polar surface area (TPSA) is 66.0 Å². The van der Waals surface area contributed by atoms with Crippen molar-refractivity contribution in [1.82, 2.24) is 5.32 Å². The van der Waals surface area contributed by atoms with Gasteiger partial charge in [0.2, 0.25) is 11.7 Å². The Morgan fingerprint density at radius 1 is 1.00 bits per heavy atom. The third-order valence-corrected chi connectivity index (χ3v) is 4.03. The van der Waals surface area contributed by atoms with Crippen LogP contribution in [0.1, 0.15) is 17.5 Å². The van der Waals surface area contributed by atoms with Gasteiger partial charge in [-0.15, -0.1) is 0 Å². The zero-order valence-corrected chi connectivity index (χ0v) is 16.0. The number of carbonyl (C=O) groups is 1. The summed E-state index contributed by atoms with van der Waals surface area (Å²) in [6.45, 7) is -2.83. The van der Waals surface area contributed by atoms with Crippen molar-refractivity contribution < 1.29 is 32.5 Å². The smallest absolute Gasteiger partial charge is 0.387 e. The van der Waals surface area contributed by atoms with Gasteiger partial charge in [-0.2, -0.15) is 8.78 Å². The molecule has 2 aromatic carbocycles. The minimum Gasteiger partial charge on any atom is -0.493 e. The van der Waals surface area contributed by atoms with Crippen molar-refractivity contribution in [3.05, 3.63) is 47.5 Å². The van der Waals surface area contributed by atoms with E-state index in [9.17, 15) is 13.6 Å². The molecule has 0 spiro atoms. The lowest BCUT2D eigenvalue weighted by molar-refractivity contribution is -0.121. The quantitative estimate of drug-likeness (QED) is 0.666. The molecule has 2 rings (SSSR count). The highest BCUT2D eigenvalue weighted by Crippen LogP contribution is 2.38. The molecule has 0 aliphatic heterocycles. The summed E-state index contributed by atoms with van der Waals surface area (Å²) in [4.78, 5) is 12.2. The van der Waals surface area contributed by atoms with Gasteiger partial charge in [0.15, 0.2) is 11.5 Å². The Hall–Kier alpha value is -3.03. The van der Waals surface area contributed by atoms with Gasteiger partial charge >= 0.3 is 6.61 Å². The molecule has 1 amide bonds. The van der Waals surface area contributed by atoms with E-state index in [1.807, 2.05) is 0 Å². The molecule has 0 aliphatic rings. The Bertz CT molecular complexity index is 773. The molecule has 8 heteroatoms. The highest BCUT2D eigenvalue weighted by Gasteiger charge is 2.14. The van der Waals surface area contributed by atoms with Gasteiger partial charge in [0.1, 0.15) is 5.75 Å². The van der Waals surface area contributed by atoms with Crippen LogP contribution in [-0.2, 0) is 17.8 Å². The van der Waals surface area contributed by atoms with Gasteiger partial charge in [0, 0.05) is 18.5 Å². The Morgan fingerprint density at radius 3 is 2.21 bits per heavy atom. The summed E-state index contributed by atoms with van der Waals surface area (Å²) >= 11 is 0. The van der Waals surface area contributed by atoms with Crippen LogP contribution >= 0.6 is 0 Å². The maximum atomic E-state index is 12.4. The van der Waals surface area contributed by atoms with E-state index >= 15 is 0 Å². The van der Waals surface area contributed by atoms with Crippen LogP contribution < -0.4 is 24.3 Å². The summed E-state index contributed by atoms with van der Waals surface area (Å²) in [6.07, 6.45) is 0.647. The molecule has 0 unspecified atom stereocenters. The molecule has 2 aromatic rings. The number of benzene rings is 2. The largest absolute Gasteiger partial charge is 0.493 e. The Labute approximate surface area is 162 Å². The fraction of sp³-hybridized carbons (Fsp3) is 0.350. The van der Waals surface area contributed by atoms with Crippen LogP contribution in [0.2, 0.25) is 0 Å². The number of aryl methyl sites for hydroxylation is 1.